The summed E-state index contributed by atoms with van der Waals surface area (Å²) in [7, 11) is 0. The molecule has 1 aliphatic carbocycles. The molecule has 1 heterocycles. The SMILES string of the molecule is Cc1cccc(NC(=O)C2(c3cccc(Cl)c3)CCCC2)n1. The predicted octanol–water partition coefficient (Wildman–Crippen LogP) is 4.49. The summed E-state index contributed by atoms with van der Waals surface area (Å²) >= 11 is 6.13. The van der Waals surface area contributed by atoms with Crippen LogP contribution in [0.5, 0.6) is 0 Å². The molecule has 1 N–H and O–H groups in total. The third-order valence-electron chi connectivity index (χ3n) is 4.40. The van der Waals surface area contributed by atoms with Crippen LogP contribution in [-0.2, 0) is 10.2 Å². The topological polar surface area (TPSA) is 42.0 Å². The number of carbonyl (C=O) groups excluding carboxylic acids is 1. The van der Waals surface area contributed by atoms with E-state index in [0.717, 1.165) is 36.9 Å². The molecule has 1 aromatic carbocycles. The van der Waals surface area contributed by atoms with Crippen LogP contribution in [0.15, 0.2) is 42.5 Å². The fourth-order valence-electron chi connectivity index (χ4n) is 3.26. The average Bonchev–Trinajstić information content (AvgIpc) is 2.98. The number of nitrogens with one attached hydrogen (secondary N) is 1. The van der Waals surface area contributed by atoms with Gasteiger partial charge in [0.05, 0.1) is 5.41 Å². The molecule has 3 nitrogen and oxygen atoms in total. The average molecular weight is 315 g/mol. The van der Waals surface area contributed by atoms with Gasteiger partial charge in [0.1, 0.15) is 5.82 Å². The van der Waals surface area contributed by atoms with Crippen molar-refractivity contribution in [2.45, 2.75) is 38.0 Å². The fourth-order valence-corrected chi connectivity index (χ4v) is 3.45. The number of amides is 1. The van der Waals surface area contributed by atoms with Crippen LogP contribution >= 0.6 is 11.6 Å². The maximum absolute atomic E-state index is 13.0. The Hall–Kier alpha value is -1.87. The highest BCUT2D eigenvalue weighted by Crippen LogP contribution is 2.42. The summed E-state index contributed by atoms with van der Waals surface area (Å²) in [6.45, 7) is 1.91. The number of hydrogen-bond donors (Lipinski definition) is 1. The number of benzene rings is 1. The van der Waals surface area contributed by atoms with Gasteiger partial charge in [-0.2, -0.15) is 0 Å². The molecule has 22 heavy (non-hydrogen) atoms. The Morgan fingerprint density at radius 2 is 1.91 bits per heavy atom. The number of rotatable bonds is 3. The van der Waals surface area contributed by atoms with Crippen molar-refractivity contribution in [2.75, 3.05) is 5.32 Å². The first-order valence-electron chi connectivity index (χ1n) is 7.61. The number of carbonyl (C=O) groups is 1. The standard InChI is InChI=1S/C18H19ClN2O/c1-13-6-4-9-16(20-13)21-17(22)18(10-2-3-11-18)14-7-5-8-15(19)12-14/h4-9,12H,2-3,10-11H2,1H3,(H,20,21,22). The second-order valence-electron chi connectivity index (χ2n) is 5.92. The highest BCUT2D eigenvalue weighted by Gasteiger charge is 2.42. The number of nitrogens with zero attached hydrogens (tertiary/aromatic N) is 1. The molecule has 0 unspecified atom stereocenters. The molecule has 1 aromatic heterocycles. The molecular formula is C18H19ClN2O. The second kappa shape index (κ2) is 6.09. The lowest BCUT2D eigenvalue weighted by Crippen LogP contribution is -2.38. The summed E-state index contributed by atoms with van der Waals surface area (Å²) in [4.78, 5) is 17.3. The molecule has 1 aliphatic rings. The van der Waals surface area contributed by atoms with Crippen molar-refractivity contribution in [1.29, 1.82) is 0 Å². The predicted molar refractivity (Wildman–Crippen MR) is 89.2 cm³/mol. The van der Waals surface area contributed by atoms with E-state index < -0.39 is 5.41 Å². The zero-order valence-corrected chi connectivity index (χ0v) is 13.4. The Morgan fingerprint density at radius 3 is 2.59 bits per heavy atom. The highest BCUT2D eigenvalue weighted by molar-refractivity contribution is 6.30. The molecule has 0 radical (unpaired) electrons. The molecule has 3 rings (SSSR count). The first-order chi connectivity index (χ1) is 10.6. The minimum absolute atomic E-state index is 0.0189. The molecule has 1 amide bonds. The van der Waals surface area contributed by atoms with Crippen molar-refractivity contribution in [2.24, 2.45) is 0 Å². The lowest BCUT2D eigenvalue weighted by atomic mass is 9.78. The molecule has 1 fully saturated rings. The molecule has 0 saturated heterocycles. The van der Waals surface area contributed by atoms with Crippen molar-refractivity contribution >= 4 is 23.3 Å². The molecule has 0 aliphatic heterocycles. The van der Waals surface area contributed by atoms with Gasteiger partial charge in [-0.15, -0.1) is 0 Å². The maximum atomic E-state index is 13.0. The van der Waals surface area contributed by atoms with Crippen molar-refractivity contribution in [1.82, 2.24) is 4.98 Å². The van der Waals surface area contributed by atoms with Crippen LogP contribution in [0.2, 0.25) is 5.02 Å². The van der Waals surface area contributed by atoms with E-state index >= 15 is 0 Å². The van der Waals surface area contributed by atoms with Gasteiger partial charge in [0.15, 0.2) is 0 Å². The van der Waals surface area contributed by atoms with Gasteiger partial charge in [-0.05, 0) is 49.6 Å². The van der Waals surface area contributed by atoms with Gasteiger partial charge in [0, 0.05) is 10.7 Å². The second-order valence-corrected chi connectivity index (χ2v) is 6.35. The lowest BCUT2D eigenvalue weighted by molar-refractivity contribution is -0.121. The van der Waals surface area contributed by atoms with E-state index in [1.54, 1.807) is 0 Å². The molecule has 2 aromatic rings. The van der Waals surface area contributed by atoms with E-state index in [-0.39, 0.29) is 5.91 Å². The van der Waals surface area contributed by atoms with Gasteiger partial charge in [-0.3, -0.25) is 4.79 Å². The number of anilines is 1. The van der Waals surface area contributed by atoms with Crippen LogP contribution in [0.1, 0.15) is 36.9 Å². The third-order valence-corrected chi connectivity index (χ3v) is 4.63. The Bertz CT molecular complexity index is 693. The van der Waals surface area contributed by atoms with Gasteiger partial charge in [0.25, 0.3) is 0 Å². The number of halogens is 1. The van der Waals surface area contributed by atoms with E-state index in [0.29, 0.717) is 10.8 Å². The Balaban J connectivity index is 1.92. The summed E-state index contributed by atoms with van der Waals surface area (Å²) in [6.07, 6.45) is 3.82. The van der Waals surface area contributed by atoms with E-state index in [2.05, 4.69) is 10.3 Å². The summed E-state index contributed by atoms with van der Waals surface area (Å²) in [5, 5.41) is 3.66. The van der Waals surface area contributed by atoms with Crippen LogP contribution in [0.4, 0.5) is 5.82 Å². The molecule has 114 valence electrons. The van der Waals surface area contributed by atoms with Crippen LogP contribution in [0, 0.1) is 6.92 Å². The Kier molecular flexibility index (Phi) is 4.16. The lowest BCUT2D eigenvalue weighted by Gasteiger charge is -2.28. The molecule has 0 atom stereocenters. The van der Waals surface area contributed by atoms with E-state index in [1.165, 1.54) is 0 Å². The van der Waals surface area contributed by atoms with Gasteiger partial charge in [-0.25, -0.2) is 4.98 Å². The van der Waals surface area contributed by atoms with E-state index in [4.69, 9.17) is 11.6 Å². The van der Waals surface area contributed by atoms with E-state index in [9.17, 15) is 4.79 Å². The number of aryl methyl sites for hydroxylation is 1. The molecule has 0 bridgehead atoms. The molecular weight excluding hydrogens is 296 g/mol. The van der Waals surface area contributed by atoms with Crippen molar-refractivity contribution in [3.05, 3.63) is 58.7 Å². The third kappa shape index (κ3) is 2.86. The maximum Gasteiger partial charge on any atom is 0.236 e. The highest BCUT2D eigenvalue weighted by atomic mass is 35.5. The van der Waals surface area contributed by atoms with Crippen LogP contribution < -0.4 is 5.32 Å². The first-order valence-corrected chi connectivity index (χ1v) is 7.99. The van der Waals surface area contributed by atoms with E-state index in [1.807, 2.05) is 49.4 Å². The largest absolute Gasteiger partial charge is 0.310 e. The summed E-state index contributed by atoms with van der Waals surface area (Å²) in [6, 6.07) is 13.3. The molecule has 0 spiro atoms. The van der Waals surface area contributed by atoms with Crippen LogP contribution in [0.3, 0.4) is 0 Å². The first kappa shape index (κ1) is 15.0. The Labute approximate surface area is 135 Å². The zero-order chi connectivity index (χ0) is 15.6. The van der Waals surface area contributed by atoms with Crippen LogP contribution in [-0.4, -0.2) is 10.9 Å². The minimum Gasteiger partial charge on any atom is -0.310 e. The normalized spacial score (nSPS) is 16.5. The zero-order valence-electron chi connectivity index (χ0n) is 12.6. The van der Waals surface area contributed by atoms with Crippen molar-refractivity contribution < 1.29 is 4.79 Å². The monoisotopic (exact) mass is 314 g/mol. The molecule has 4 heteroatoms. The number of aromatic nitrogens is 1. The van der Waals surface area contributed by atoms with Crippen molar-refractivity contribution in [3.63, 3.8) is 0 Å². The fraction of sp³-hybridized carbons (Fsp3) is 0.333. The molecule has 1 saturated carbocycles. The summed E-state index contributed by atoms with van der Waals surface area (Å²) in [5.41, 5.74) is 1.40. The Morgan fingerprint density at radius 1 is 1.18 bits per heavy atom. The minimum atomic E-state index is -0.490. The quantitative estimate of drug-likeness (QED) is 0.906. The van der Waals surface area contributed by atoms with Crippen molar-refractivity contribution in [3.8, 4) is 0 Å². The van der Waals surface area contributed by atoms with Gasteiger partial charge < -0.3 is 5.32 Å². The van der Waals surface area contributed by atoms with Gasteiger partial charge >= 0.3 is 0 Å². The summed E-state index contributed by atoms with van der Waals surface area (Å²) < 4.78 is 0. The summed E-state index contributed by atoms with van der Waals surface area (Å²) in [5.74, 6) is 0.628. The smallest absolute Gasteiger partial charge is 0.236 e. The number of pyridine rings is 1. The number of hydrogen-bond acceptors (Lipinski definition) is 2. The van der Waals surface area contributed by atoms with Gasteiger partial charge in [-0.1, -0.05) is 42.6 Å². The van der Waals surface area contributed by atoms with Crippen LogP contribution in [0.25, 0.3) is 0 Å². The van der Waals surface area contributed by atoms with Gasteiger partial charge in [0.2, 0.25) is 5.91 Å².